The molecule has 0 saturated heterocycles. The second kappa shape index (κ2) is 27.6. The second-order valence-corrected chi connectivity index (χ2v) is 16.1. The van der Waals surface area contributed by atoms with Crippen molar-refractivity contribution in [3.8, 4) is 46.7 Å². The highest BCUT2D eigenvalue weighted by molar-refractivity contribution is 6.26. The lowest BCUT2D eigenvalue weighted by Gasteiger charge is -2.19. The molecule has 0 spiro atoms. The smallest absolute Gasteiger partial charge is 0.161 e. The van der Waals surface area contributed by atoms with E-state index in [1.54, 1.807) is 0 Å². The minimum absolute atomic E-state index is 0.670. The third kappa shape index (κ3) is 14.7. The summed E-state index contributed by atoms with van der Waals surface area (Å²) in [5.74, 6) is 17.4. The highest BCUT2D eigenvalue weighted by Gasteiger charge is 2.19. The van der Waals surface area contributed by atoms with Crippen LogP contribution in [0.5, 0.6) is 23.0 Å². The van der Waals surface area contributed by atoms with E-state index in [2.05, 4.69) is 102 Å². The van der Waals surface area contributed by atoms with E-state index >= 15 is 0 Å². The Hall–Kier alpha value is -4.02. The normalized spacial score (nSPS) is 11.1. The summed E-state index contributed by atoms with van der Waals surface area (Å²) >= 11 is 0. The minimum Gasteiger partial charge on any atom is -0.492 e. The van der Waals surface area contributed by atoms with Gasteiger partial charge in [-0.1, -0.05) is 155 Å². The van der Waals surface area contributed by atoms with E-state index in [4.69, 9.17) is 18.9 Å². The van der Waals surface area contributed by atoms with Crippen molar-refractivity contribution >= 4 is 32.3 Å². The van der Waals surface area contributed by atoms with E-state index in [0.29, 0.717) is 26.4 Å². The molecule has 4 aromatic carbocycles. The Bertz CT molecular complexity index is 1770. The van der Waals surface area contributed by atoms with Gasteiger partial charge in [-0.15, -0.1) is 0 Å². The van der Waals surface area contributed by atoms with Gasteiger partial charge in [0.15, 0.2) is 11.5 Å². The van der Waals surface area contributed by atoms with Crippen LogP contribution < -0.4 is 18.9 Å². The number of ether oxygens (including phenoxy) is 4. The summed E-state index contributed by atoms with van der Waals surface area (Å²) in [4.78, 5) is 0. The van der Waals surface area contributed by atoms with Crippen molar-refractivity contribution in [1.82, 2.24) is 0 Å². The largest absolute Gasteiger partial charge is 0.492 e. The highest BCUT2D eigenvalue weighted by Crippen LogP contribution is 2.44. The average Bonchev–Trinajstić information content (AvgIpc) is 3.24. The summed E-state index contributed by atoms with van der Waals surface area (Å²) in [5.41, 5.74) is 1.90. The first-order valence-corrected chi connectivity index (χ1v) is 23.6. The fourth-order valence-corrected chi connectivity index (χ4v) is 7.41. The maximum Gasteiger partial charge on any atom is 0.161 e. The fourth-order valence-electron chi connectivity index (χ4n) is 7.41. The lowest BCUT2D eigenvalue weighted by Crippen LogP contribution is -2.04. The van der Waals surface area contributed by atoms with E-state index in [9.17, 15) is 0 Å². The molecule has 0 aliphatic rings. The predicted molar refractivity (Wildman–Crippen MR) is 250 cm³/mol. The Balaban J connectivity index is 2.02. The van der Waals surface area contributed by atoms with Gasteiger partial charge in [-0.2, -0.15) is 0 Å². The van der Waals surface area contributed by atoms with E-state index in [1.165, 1.54) is 64.2 Å². The maximum atomic E-state index is 6.64. The van der Waals surface area contributed by atoms with Gasteiger partial charge in [-0.05, 0) is 107 Å². The Morgan fingerprint density at radius 3 is 0.897 bits per heavy atom. The van der Waals surface area contributed by atoms with Crippen LogP contribution in [0.3, 0.4) is 0 Å². The highest BCUT2D eigenvalue weighted by atomic mass is 16.5. The molecule has 0 aliphatic carbocycles. The van der Waals surface area contributed by atoms with Gasteiger partial charge >= 0.3 is 0 Å². The van der Waals surface area contributed by atoms with Crippen LogP contribution in [-0.4, -0.2) is 26.4 Å². The average molecular weight is 789 g/mol. The summed E-state index contributed by atoms with van der Waals surface area (Å²) in [7, 11) is 0. The molecule has 4 nitrogen and oxygen atoms in total. The Kier molecular flexibility index (Phi) is 22.2. The molecule has 0 bridgehead atoms. The molecular weight excluding hydrogens is 713 g/mol. The number of fused-ring (bicyclic) bond motifs is 6. The topological polar surface area (TPSA) is 36.9 Å². The number of unbranched alkanes of at least 4 members (excludes halogenated alkanes) is 16. The Labute approximate surface area is 353 Å². The van der Waals surface area contributed by atoms with E-state index in [1.807, 2.05) is 0 Å². The van der Waals surface area contributed by atoms with Crippen LogP contribution in [0.4, 0.5) is 0 Å². The first-order chi connectivity index (χ1) is 28.6. The summed E-state index contributed by atoms with van der Waals surface area (Å²) in [6, 6.07) is 13.5. The first kappa shape index (κ1) is 46.7. The van der Waals surface area contributed by atoms with Crippen molar-refractivity contribution in [3.63, 3.8) is 0 Å². The molecular formula is C54H76O4. The van der Waals surface area contributed by atoms with Crippen molar-refractivity contribution in [2.75, 3.05) is 26.4 Å². The predicted octanol–water partition coefficient (Wildman–Crippen LogP) is 16.1. The van der Waals surface area contributed by atoms with Crippen LogP contribution >= 0.6 is 0 Å². The van der Waals surface area contributed by atoms with Gasteiger partial charge < -0.3 is 18.9 Å². The van der Waals surface area contributed by atoms with Gasteiger partial charge in [0.25, 0.3) is 0 Å². The molecule has 0 aromatic heterocycles. The third-order valence-corrected chi connectivity index (χ3v) is 11.0. The van der Waals surface area contributed by atoms with Crippen LogP contribution in [0.2, 0.25) is 0 Å². The molecule has 0 fully saturated rings. The van der Waals surface area contributed by atoms with Crippen molar-refractivity contribution in [2.24, 2.45) is 0 Å². The van der Waals surface area contributed by atoms with Gasteiger partial charge in [0, 0.05) is 12.8 Å². The lowest BCUT2D eigenvalue weighted by atomic mass is 9.91. The summed E-state index contributed by atoms with van der Waals surface area (Å²) in [6.07, 6.45) is 24.6. The fraction of sp³-hybridized carbons (Fsp3) is 0.593. The molecule has 58 heavy (non-hydrogen) atoms. The Morgan fingerprint density at radius 2 is 0.586 bits per heavy atom. The summed E-state index contributed by atoms with van der Waals surface area (Å²) < 4.78 is 26.6. The number of hydrogen-bond donors (Lipinski definition) is 0. The second-order valence-electron chi connectivity index (χ2n) is 16.1. The van der Waals surface area contributed by atoms with Gasteiger partial charge in [0.1, 0.15) is 11.5 Å². The molecule has 4 heteroatoms. The van der Waals surface area contributed by atoms with Gasteiger partial charge in [-0.3, -0.25) is 0 Å². The van der Waals surface area contributed by atoms with E-state index in [0.717, 1.165) is 143 Å². The van der Waals surface area contributed by atoms with E-state index in [-0.39, 0.29) is 0 Å². The molecule has 0 aliphatic heterocycles. The molecule has 0 amide bonds. The molecule has 0 heterocycles. The van der Waals surface area contributed by atoms with Crippen molar-refractivity contribution in [1.29, 1.82) is 0 Å². The minimum atomic E-state index is 0.670. The van der Waals surface area contributed by atoms with Crippen molar-refractivity contribution in [2.45, 2.75) is 183 Å². The quantitative estimate of drug-likeness (QED) is 0.0326. The molecule has 4 rings (SSSR count). The Morgan fingerprint density at radius 1 is 0.310 bits per heavy atom. The van der Waals surface area contributed by atoms with Crippen LogP contribution in [-0.2, 0) is 0 Å². The van der Waals surface area contributed by atoms with Crippen LogP contribution in [0.15, 0.2) is 36.4 Å². The van der Waals surface area contributed by atoms with Crippen LogP contribution in [0.1, 0.15) is 194 Å². The molecule has 0 saturated carbocycles. The van der Waals surface area contributed by atoms with Gasteiger partial charge in [0.2, 0.25) is 0 Å². The zero-order chi connectivity index (χ0) is 41.2. The zero-order valence-electron chi connectivity index (χ0n) is 37.5. The third-order valence-electron chi connectivity index (χ3n) is 11.0. The van der Waals surface area contributed by atoms with Crippen molar-refractivity contribution in [3.05, 3.63) is 47.5 Å². The first-order valence-electron chi connectivity index (χ1n) is 23.6. The SMILES string of the molecule is CCCCC#Cc1cc2c(cc1OCCCCCC)c1cc(OCCCCCC)c(C#CCCCC)cc1c1cc(OCCCCCC)c(OCCCCCC)cc21. The number of rotatable bonds is 28. The maximum absolute atomic E-state index is 6.64. The zero-order valence-corrected chi connectivity index (χ0v) is 37.5. The van der Waals surface area contributed by atoms with Gasteiger partial charge in [0.05, 0.1) is 37.6 Å². The number of benzene rings is 4. The monoisotopic (exact) mass is 789 g/mol. The molecule has 316 valence electrons. The molecule has 0 unspecified atom stereocenters. The standard InChI is InChI=1S/C54H76O4/c1-7-13-19-25-31-43-37-45-47(39-51(43)55-33-27-21-15-9-3)48-40-52(56-34-28-22-16-10-4)44(32-26-20-14-8-2)38-46(48)50-42-54(58-36-30-24-18-12-6)53(41-49(45)50)57-35-29-23-17-11-5/h37-42H,7-24,27-30,33-36H2,1-6H3. The molecule has 0 N–H and O–H groups in total. The number of hydrogen-bond acceptors (Lipinski definition) is 4. The lowest BCUT2D eigenvalue weighted by molar-refractivity contribution is 0.259. The summed E-state index contributed by atoms with van der Waals surface area (Å²) in [6.45, 7) is 16.1. The van der Waals surface area contributed by atoms with Crippen molar-refractivity contribution < 1.29 is 18.9 Å². The molecule has 0 radical (unpaired) electrons. The van der Waals surface area contributed by atoms with Gasteiger partial charge in [-0.25, -0.2) is 0 Å². The van der Waals surface area contributed by atoms with Crippen LogP contribution in [0, 0.1) is 23.7 Å². The molecule has 0 atom stereocenters. The van der Waals surface area contributed by atoms with E-state index < -0.39 is 0 Å². The summed E-state index contributed by atoms with van der Waals surface area (Å²) in [5, 5.41) is 6.81. The van der Waals surface area contributed by atoms with Crippen LogP contribution in [0.25, 0.3) is 32.3 Å². The molecule has 4 aromatic rings.